The van der Waals surface area contributed by atoms with E-state index in [4.69, 9.17) is 0 Å². The Morgan fingerprint density at radius 2 is 1.83 bits per heavy atom. The molecule has 2 aliphatic heterocycles. The number of carbonyl (C=O) groups excluding carboxylic acids is 1. The van der Waals surface area contributed by atoms with Crippen LogP contribution in [0.4, 0.5) is 4.39 Å². The van der Waals surface area contributed by atoms with E-state index >= 15 is 0 Å². The summed E-state index contributed by atoms with van der Waals surface area (Å²) in [6.07, 6.45) is 3.99. The maximum Gasteiger partial charge on any atom is 0.222 e. The highest BCUT2D eigenvalue weighted by Crippen LogP contribution is 2.29. The van der Waals surface area contributed by atoms with Crippen molar-refractivity contribution in [2.45, 2.75) is 38.5 Å². The molecule has 0 N–H and O–H groups in total. The summed E-state index contributed by atoms with van der Waals surface area (Å²) in [5.74, 6) is 1.03. The van der Waals surface area contributed by atoms with Gasteiger partial charge < -0.3 is 9.80 Å². The lowest BCUT2D eigenvalue weighted by Gasteiger charge is -2.31. The average molecular weight is 318 g/mol. The van der Waals surface area contributed by atoms with Crippen LogP contribution in [0.25, 0.3) is 0 Å². The lowest BCUT2D eigenvalue weighted by atomic mass is 9.93. The third kappa shape index (κ3) is 4.11. The Kier molecular flexibility index (Phi) is 5.31. The zero-order valence-electron chi connectivity index (χ0n) is 14.0. The van der Waals surface area contributed by atoms with E-state index in [0.29, 0.717) is 24.2 Å². The van der Waals surface area contributed by atoms with Gasteiger partial charge in [-0.25, -0.2) is 4.39 Å². The van der Waals surface area contributed by atoms with Crippen LogP contribution in [0.2, 0.25) is 0 Å². The quantitative estimate of drug-likeness (QED) is 0.851. The summed E-state index contributed by atoms with van der Waals surface area (Å²) in [5, 5.41) is 0. The first-order chi connectivity index (χ1) is 11.2. The third-order valence-electron chi connectivity index (χ3n) is 5.50. The maximum absolute atomic E-state index is 13.0. The number of hydrogen-bond donors (Lipinski definition) is 0. The Bertz CT molecular complexity index is 523. The number of benzene rings is 1. The fourth-order valence-electron chi connectivity index (χ4n) is 3.88. The van der Waals surface area contributed by atoms with Crippen LogP contribution in [0.1, 0.15) is 44.1 Å². The van der Waals surface area contributed by atoms with Gasteiger partial charge in [-0.15, -0.1) is 0 Å². The molecular formula is C19H27FN2O. The van der Waals surface area contributed by atoms with Crippen molar-refractivity contribution in [2.75, 3.05) is 32.7 Å². The number of hydrogen-bond acceptors (Lipinski definition) is 2. The van der Waals surface area contributed by atoms with Crippen LogP contribution in [0.15, 0.2) is 24.3 Å². The van der Waals surface area contributed by atoms with E-state index < -0.39 is 0 Å². The minimum atomic E-state index is -0.196. The number of likely N-dealkylation sites (tertiary alicyclic amines) is 2. The van der Waals surface area contributed by atoms with Crippen molar-refractivity contribution in [2.24, 2.45) is 5.92 Å². The van der Waals surface area contributed by atoms with Gasteiger partial charge in [0.25, 0.3) is 0 Å². The molecule has 0 spiro atoms. The van der Waals surface area contributed by atoms with Crippen LogP contribution in [0.3, 0.4) is 0 Å². The van der Waals surface area contributed by atoms with Crippen LogP contribution in [0.5, 0.6) is 0 Å². The smallest absolute Gasteiger partial charge is 0.222 e. The maximum atomic E-state index is 13.0. The van der Waals surface area contributed by atoms with Crippen LogP contribution in [0, 0.1) is 11.7 Å². The zero-order valence-corrected chi connectivity index (χ0v) is 14.0. The molecule has 1 unspecified atom stereocenters. The van der Waals surface area contributed by atoms with Crippen LogP contribution in [-0.2, 0) is 4.79 Å². The highest BCUT2D eigenvalue weighted by molar-refractivity contribution is 5.76. The zero-order chi connectivity index (χ0) is 16.2. The molecule has 0 aromatic heterocycles. The molecule has 1 amide bonds. The summed E-state index contributed by atoms with van der Waals surface area (Å²) in [4.78, 5) is 17.0. The van der Waals surface area contributed by atoms with E-state index in [-0.39, 0.29) is 5.82 Å². The lowest BCUT2D eigenvalue weighted by molar-refractivity contribution is -0.131. The highest BCUT2D eigenvalue weighted by Gasteiger charge is 2.29. The number of amides is 1. The van der Waals surface area contributed by atoms with Crippen molar-refractivity contribution in [3.8, 4) is 0 Å². The van der Waals surface area contributed by atoms with Crippen molar-refractivity contribution in [3.63, 3.8) is 0 Å². The van der Waals surface area contributed by atoms with E-state index in [0.717, 1.165) is 57.5 Å². The normalized spacial score (nSPS) is 23.4. The minimum Gasteiger partial charge on any atom is -0.342 e. The Balaban J connectivity index is 1.49. The summed E-state index contributed by atoms with van der Waals surface area (Å²) in [6.45, 7) is 7.21. The lowest BCUT2D eigenvalue weighted by Crippen LogP contribution is -2.36. The molecule has 23 heavy (non-hydrogen) atoms. The van der Waals surface area contributed by atoms with E-state index in [1.165, 1.54) is 12.1 Å². The Hall–Kier alpha value is -1.42. The molecule has 0 bridgehead atoms. The second-order valence-electron chi connectivity index (χ2n) is 6.96. The van der Waals surface area contributed by atoms with Gasteiger partial charge in [-0.2, -0.15) is 0 Å². The first-order valence-electron chi connectivity index (χ1n) is 8.91. The molecule has 2 aliphatic rings. The first kappa shape index (κ1) is 16.4. The van der Waals surface area contributed by atoms with E-state index in [1.807, 2.05) is 17.0 Å². The molecule has 1 aromatic carbocycles. The predicted molar refractivity (Wildman–Crippen MR) is 89.8 cm³/mol. The highest BCUT2D eigenvalue weighted by atomic mass is 19.1. The largest absolute Gasteiger partial charge is 0.342 e. The van der Waals surface area contributed by atoms with Crippen molar-refractivity contribution >= 4 is 5.91 Å². The summed E-state index contributed by atoms with van der Waals surface area (Å²) in [6, 6.07) is 6.74. The monoisotopic (exact) mass is 318 g/mol. The molecule has 0 radical (unpaired) electrons. The molecule has 126 valence electrons. The van der Waals surface area contributed by atoms with Crippen LogP contribution < -0.4 is 0 Å². The molecular weight excluding hydrogens is 291 g/mol. The van der Waals surface area contributed by atoms with Gasteiger partial charge in [-0.05, 0) is 62.5 Å². The SMILES string of the molecule is CCN1CCC(CC(=O)N2CCC(c3ccc(F)cc3)C2)CC1. The summed E-state index contributed by atoms with van der Waals surface area (Å²) in [5.41, 5.74) is 1.15. The minimum absolute atomic E-state index is 0.196. The summed E-state index contributed by atoms with van der Waals surface area (Å²) in [7, 11) is 0. The van der Waals surface area contributed by atoms with E-state index in [1.54, 1.807) is 0 Å². The van der Waals surface area contributed by atoms with Crippen molar-refractivity contribution in [3.05, 3.63) is 35.6 Å². The van der Waals surface area contributed by atoms with E-state index in [2.05, 4.69) is 11.8 Å². The van der Waals surface area contributed by atoms with Gasteiger partial charge in [0.15, 0.2) is 0 Å². The average Bonchev–Trinajstić information content (AvgIpc) is 3.06. The third-order valence-corrected chi connectivity index (χ3v) is 5.50. The topological polar surface area (TPSA) is 23.6 Å². The molecule has 3 rings (SSSR count). The van der Waals surface area contributed by atoms with Gasteiger partial charge >= 0.3 is 0 Å². The fourth-order valence-corrected chi connectivity index (χ4v) is 3.88. The molecule has 3 nitrogen and oxygen atoms in total. The predicted octanol–water partition coefficient (Wildman–Crippen LogP) is 3.26. The number of piperidine rings is 1. The van der Waals surface area contributed by atoms with Gasteiger partial charge in [0, 0.05) is 25.4 Å². The van der Waals surface area contributed by atoms with Crippen molar-refractivity contribution in [1.29, 1.82) is 0 Å². The number of nitrogens with zero attached hydrogens (tertiary/aromatic N) is 2. The Morgan fingerprint density at radius 1 is 1.13 bits per heavy atom. The van der Waals surface area contributed by atoms with Gasteiger partial charge in [0.2, 0.25) is 5.91 Å². The molecule has 0 saturated carbocycles. The molecule has 2 saturated heterocycles. The van der Waals surface area contributed by atoms with E-state index in [9.17, 15) is 9.18 Å². The van der Waals surface area contributed by atoms with Crippen molar-refractivity contribution < 1.29 is 9.18 Å². The second-order valence-corrected chi connectivity index (χ2v) is 6.96. The second kappa shape index (κ2) is 7.43. The van der Waals surface area contributed by atoms with Gasteiger partial charge in [0.1, 0.15) is 5.82 Å². The Morgan fingerprint density at radius 3 is 2.48 bits per heavy atom. The molecule has 1 aromatic rings. The number of rotatable bonds is 4. The van der Waals surface area contributed by atoms with Crippen LogP contribution in [-0.4, -0.2) is 48.4 Å². The van der Waals surface area contributed by atoms with Crippen LogP contribution >= 0.6 is 0 Å². The van der Waals surface area contributed by atoms with Gasteiger partial charge in [0.05, 0.1) is 0 Å². The van der Waals surface area contributed by atoms with Gasteiger partial charge in [-0.3, -0.25) is 4.79 Å². The number of halogens is 1. The summed E-state index contributed by atoms with van der Waals surface area (Å²) >= 11 is 0. The van der Waals surface area contributed by atoms with Crippen molar-refractivity contribution in [1.82, 2.24) is 9.80 Å². The first-order valence-corrected chi connectivity index (χ1v) is 8.91. The fraction of sp³-hybridized carbons (Fsp3) is 0.632. The molecule has 4 heteroatoms. The number of carbonyl (C=O) groups is 1. The molecule has 1 atom stereocenters. The summed E-state index contributed by atoms with van der Waals surface area (Å²) < 4.78 is 13.0. The molecule has 2 fully saturated rings. The molecule has 0 aliphatic carbocycles. The standard InChI is InChI=1S/C19H27FN2O/c1-2-21-10-7-15(8-11-21)13-19(23)22-12-9-17(14-22)16-3-5-18(20)6-4-16/h3-6,15,17H,2,7-14H2,1H3. The Labute approximate surface area is 138 Å². The molecule has 2 heterocycles. The van der Waals surface area contributed by atoms with Gasteiger partial charge in [-0.1, -0.05) is 19.1 Å².